The molecule has 1 atom stereocenters. The molecule has 8 nitrogen and oxygen atoms in total. The van der Waals surface area contributed by atoms with E-state index in [0.29, 0.717) is 42.9 Å². The average molecular weight is 435 g/mol. The molecule has 0 spiro atoms. The van der Waals surface area contributed by atoms with E-state index in [0.717, 1.165) is 38.6 Å². The number of likely N-dealkylation sites (tertiary alicyclic amines) is 1. The molecule has 8 heteroatoms. The lowest BCUT2D eigenvalue weighted by molar-refractivity contribution is 0.0907. The van der Waals surface area contributed by atoms with E-state index in [1.54, 1.807) is 6.20 Å². The van der Waals surface area contributed by atoms with Crippen LogP contribution >= 0.6 is 0 Å². The number of ether oxygens (including phenoxy) is 1. The first-order valence-electron chi connectivity index (χ1n) is 11.2. The number of nitrogens with one attached hydrogen (secondary N) is 1. The van der Waals surface area contributed by atoms with Crippen molar-refractivity contribution in [1.29, 1.82) is 0 Å². The van der Waals surface area contributed by atoms with Crippen LogP contribution in [0.5, 0.6) is 0 Å². The number of nitrogens with zero attached hydrogens (tertiary/aromatic N) is 5. The molecule has 0 amide bonds. The topological polar surface area (TPSA) is 88.7 Å². The summed E-state index contributed by atoms with van der Waals surface area (Å²) in [5, 5.41) is 7.46. The molecule has 2 aromatic heterocycles. The fourth-order valence-corrected chi connectivity index (χ4v) is 3.72. The zero-order chi connectivity index (χ0) is 22.0. The predicted molar refractivity (Wildman–Crippen MR) is 123 cm³/mol. The second-order valence-corrected chi connectivity index (χ2v) is 7.82. The van der Waals surface area contributed by atoms with E-state index in [1.807, 2.05) is 36.4 Å². The minimum absolute atomic E-state index is 0.439. The Kier molecular flexibility index (Phi) is 7.81. The van der Waals surface area contributed by atoms with E-state index in [4.69, 9.17) is 14.3 Å². The van der Waals surface area contributed by atoms with Crippen LogP contribution in [0.1, 0.15) is 24.7 Å². The van der Waals surface area contributed by atoms with Gasteiger partial charge in [-0.05, 0) is 31.0 Å². The second-order valence-electron chi connectivity index (χ2n) is 7.82. The second kappa shape index (κ2) is 11.4. The summed E-state index contributed by atoms with van der Waals surface area (Å²) in [5.74, 6) is 2.53. The Morgan fingerprint density at radius 1 is 1.22 bits per heavy atom. The van der Waals surface area contributed by atoms with E-state index < -0.39 is 0 Å². The van der Waals surface area contributed by atoms with Gasteiger partial charge in [-0.1, -0.05) is 41.6 Å². The molecule has 4 rings (SSSR count). The van der Waals surface area contributed by atoms with Crippen molar-refractivity contribution in [2.24, 2.45) is 10.9 Å². The highest BCUT2D eigenvalue weighted by Gasteiger charge is 2.25. The lowest BCUT2D eigenvalue weighted by atomic mass is 10.1. The predicted octanol–water partition coefficient (Wildman–Crippen LogP) is 3.18. The first kappa shape index (κ1) is 22.0. The monoisotopic (exact) mass is 434 g/mol. The quantitative estimate of drug-likeness (QED) is 0.409. The Labute approximate surface area is 188 Å². The van der Waals surface area contributed by atoms with E-state index in [9.17, 15) is 0 Å². The van der Waals surface area contributed by atoms with Gasteiger partial charge in [0.15, 0.2) is 11.8 Å². The highest BCUT2D eigenvalue weighted by molar-refractivity contribution is 5.80. The molecule has 1 aromatic carbocycles. The molecular weight excluding hydrogens is 404 g/mol. The number of aromatic nitrogens is 3. The summed E-state index contributed by atoms with van der Waals surface area (Å²) in [6.45, 7) is 6.88. The maximum atomic E-state index is 5.95. The first-order chi connectivity index (χ1) is 15.8. The van der Waals surface area contributed by atoms with Crippen LogP contribution in [-0.2, 0) is 17.8 Å². The lowest BCUT2D eigenvalue weighted by Gasteiger charge is -2.21. The summed E-state index contributed by atoms with van der Waals surface area (Å²) >= 11 is 0. The molecule has 0 aliphatic carbocycles. The minimum atomic E-state index is 0.439. The summed E-state index contributed by atoms with van der Waals surface area (Å²) < 4.78 is 11.3. The van der Waals surface area contributed by atoms with Gasteiger partial charge in [-0.15, -0.1) is 0 Å². The number of hydrogen-bond acceptors (Lipinski definition) is 6. The van der Waals surface area contributed by atoms with E-state index in [2.05, 4.69) is 44.4 Å². The van der Waals surface area contributed by atoms with Crippen LogP contribution in [0.3, 0.4) is 0 Å². The number of rotatable bonds is 9. The maximum absolute atomic E-state index is 5.95. The van der Waals surface area contributed by atoms with Crippen LogP contribution in [0.15, 0.2) is 64.2 Å². The van der Waals surface area contributed by atoms with Crippen molar-refractivity contribution in [3.8, 4) is 11.6 Å². The summed E-state index contributed by atoms with van der Waals surface area (Å²) in [6.07, 6.45) is 3.43. The van der Waals surface area contributed by atoms with E-state index in [-0.39, 0.29) is 0 Å². The Balaban J connectivity index is 1.25. The van der Waals surface area contributed by atoms with Gasteiger partial charge in [0.2, 0.25) is 0 Å². The molecule has 0 radical (unpaired) electrons. The molecule has 1 aliphatic heterocycles. The van der Waals surface area contributed by atoms with Crippen molar-refractivity contribution in [3.63, 3.8) is 0 Å². The molecule has 1 unspecified atom stereocenters. The highest BCUT2D eigenvalue weighted by atomic mass is 16.5. The van der Waals surface area contributed by atoms with Gasteiger partial charge in [0, 0.05) is 44.7 Å². The largest absolute Gasteiger partial charge is 0.376 e. The van der Waals surface area contributed by atoms with Crippen LogP contribution < -0.4 is 5.32 Å². The van der Waals surface area contributed by atoms with Gasteiger partial charge in [-0.2, -0.15) is 4.98 Å². The molecule has 3 aromatic rings. The molecule has 0 saturated carbocycles. The van der Waals surface area contributed by atoms with Crippen LogP contribution in [-0.4, -0.2) is 58.8 Å². The molecule has 0 bridgehead atoms. The molecule has 1 saturated heterocycles. The SMILES string of the molecule is CCNC(=NCCc1noc(-c2ccccn2)n1)N1CCC(COCc2ccccc2)C1. The van der Waals surface area contributed by atoms with Gasteiger partial charge in [0.05, 0.1) is 13.2 Å². The zero-order valence-electron chi connectivity index (χ0n) is 18.5. The smallest absolute Gasteiger partial charge is 0.276 e. The van der Waals surface area contributed by atoms with Crippen LogP contribution in [0.4, 0.5) is 0 Å². The van der Waals surface area contributed by atoms with E-state index >= 15 is 0 Å². The summed E-state index contributed by atoms with van der Waals surface area (Å²) in [5.41, 5.74) is 1.89. The maximum Gasteiger partial charge on any atom is 0.276 e. The number of aliphatic imine (C=N–C) groups is 1. The zero-order valence-corrected chi connectivity index (χ0v) is 18.5. The van der Waals surface area contributed by atoms with Crippen molar-refractivity contribution in [3.05, 3.63) is 66.1 Å². The number of pyridine rings is 1. The van der Waals surface area contributed by atoms with Crippen molar-refractivity contribution < 1.29 is 9.26 Å². The molecule has 32 heavy (non-hydrogen) atoms. The Hall–Kier alpha value is -3.26. The fraction of sp³-hybridized carbons (Fsp3) is 0.417. The van der Waals surface area contributed by atoms with Crippen molar-refractivity contribution >= 4 is 5.96 Å². The summed E-state index contributed by atoms with van der Waals surface area (Å²) in [7, 11) is 0. The summed E-state index contributed by atoms with van der Waals surface area (Å²) in [4.78, 5) is 15.8. The standard InChI is InChI=1S/C24H30N6O2/c1-2-25-24(27-14-11-22-28-23(32-29-22)21-10-6-7-13-26-21)30-15-12-20(16-30)18-31-17-19-8-4-3-5-9-19/h3-10,13,20H,2,11-12,14-18H2,1H3,(H,25,27). The molecule has 3 heterocycles. The Morgan fingerprint density at radius 2 is 2.09 bits per heavy atom. The van der Waals surface area contributed by atoms with Crippen LogP contribution in [0.2, 0.25) is 0 Å². The van der Waals surface area contributed by atoms with E-state index in [1.165, 1.54) is 5.56 Å². The van der Waals surface area contributed by atoms with Crippen molar-refractivity contribution in [1.82, 2.24) is 25.3 Å². The third-order valence-electron chi connectivity index (χ3n) is 5.33. The van der Waals surface area contributed by atoms with Gasteiger partial charge in [-0.25, -0.2) is 0 Å². The third-order valence-corrected chi connectivity index (χ3v) is 5.33. The van der Waals surface area contributed by atoms with Gasteiger partial charge in [-0.3, -0.25) is 9.98 Å². The fourth-order valence-electron chi connectivity index (χ4n) is 3.72. The Bertz CT molecular complexity index is 976. The van der Waals surface area contributed by atoms with Crippen molar-refractivity contribution in [2.45, 2.75) is 26.4 Å². The summed E-state index contributed by atoms with van der Waals surface area (Å²) in [6, 6.07) is 15.9. The number of benzene rings is 1. The van der Waals surface area contributed by atoms with Crippen molar-refractivity contribution in [2.75, 3.05) is 32.8 Å². The molecule has 1 aliphatic rings. The molecule has 168 valence electrons. The molecular formula is C24H30N6O2. The Morgan fingerprint density at radius 3 is 2.91 bits per heavy atom. The van der Waals surface area contributed by atoms with Crippen LogP contribution in [0.25, 0.3) is 11.6 Å². The lowest BCUT2D eigenvalue weighted by Crippen LogP contribution is -2.40. The number of hydrogen-bond donors (Lipinski definition) is 1. The first-order valence-corrected chi connectivity index (χ1v) is 11.2. The molecule has 1 fully saturated rings. The van der Waals surface area contributed by atoms with Gasteiger partial charge >= 0.3 is 0 Å². The third kappa shape index (κ3) is 6.13. The van der Waals surface area contributed by atoms with Crippen LogP contribution in [0, 0.1) is 5.92 Å². The average Bonchev–Trinajstić information content (AvgIpc) is 3.50. The van der Waals surface area contributed by atoms with Gasteiger partial charge in [0.25, 0.3) is 5.89 Å². The van der Waals surface area contributed by atoms with Gasteiger partial charge < -0.3 is 19.5 Å². The minimum Gasteiger partial charge on any atom is -0.376 e. The van der Waals surface area contributed by atoms with Gasteiger partial charge in [0.1, 0.15) is 5.69 Å². The normalized spacial score (nSPS) is 16.5. The highest BCUT2D eigenvalue weighted by Crippen LogP contribution is 2.18. The number of guanidine groups is 1. The molecule has 1 N–H and O–H groups in total.